The topological polar surface area (TPSA) is 0 Å². The average Bonchev–Trinajstić information content (AvgIpc) is 2.63. The second kappa shape index (κ2) is 2.70. The van der Waals surface area contributed by atoms with Gasteiger partial charge in [0.05, 0.1) is 0 Å². The van der Waals surface area contributed by atoms with Gasteiger partial charge in [-0.15, -0.1) is 0 Å². The molecule has 0 aliphatic heterocycles. The summed E-state index contributed by atoms with van der Waals surface area (Å²) in [5.41, 5.74) is 2.71. The Morgan fingerprint density at radius 2 is 1.87 bits per heavy atom. The van der Waals surface area contributed by atoms with Gasteiger partial charge in [0.15, 0.2) is 0 Å². The van der Waals surface area contributed by atoms with E-state index in [1.54, 1.807) is 5.57 Å². The fourth-order valence-electron chi connectivity index (χ4n) is 5.28. The lowest BCUT2D eigenvalue weighted by molar-refractivity contribution is 0.141. The minimum absolute atomic E-state index is 0.515. The Morgan fingerprint density at radius 3 is 2.60 bits per heavy atom. The van der Waals surface area contributed by atoms with Gasteiger partial charge in [-0.2, -0.15) is 0 Å². The van der Waals surface area contributed by atoms with E-state index in [4.69, 9.17) is 0 Å². The molecule has 0 heterocycles. The van der Waals surface area contributed by atoms with E-state index >= 15 is 0 Å². The standard InChI is InChI=1S/C15H24/c1-10-11-6-7-12-13(11)14(2,3)8-5-9-15(10,12)4/h11-13H,1,5-9H2,2-4H3/t11?,12-,13+,15-/m1/s1. The predicted octanol–water partition coefficient (Wildman–Crippen LogP) is 4.42. The second-order valence-corrected chi connectivity index (χ2v) is 7.10. The zero-order valence-corrected chi connectivity index (χ0v) is 10.5. The van der Waals surface area contributed by atoms with Crippen LogP contribution in [-0.4, -0.2) is 0 Å². The highest BCUT2D eigenvalue weighted by molar-refractivity contribution is 5.29. The summed E-state index contributed by atoms with van der Waals surface area (Å²) in [7, 11) is 0. The maximum Gasteiger partial charge on any atom is -0.00849 e. The Hall–Kier alpha value is -0.260. The first-order valence-electron chi connectivity index (χ1n) is 6.66. The summed E-state index contributed by atoms with van der Waals surface area (Å²) >= 11 is 0. The van der Waals surface area contributed by atoms with E-state index in [0.717, 1.165) is 17.8 Å². The van der Waals surface area contributed by atoms with Crippen molar-refractivity contribution in [3.8, 4) is 0 Å². The van der Waals surface area contributed by atoms with Gasteiger partial charge < -0.3 is 0 Å². The number of hydrogen-bond donors (Lipinski definition) is 0. The highest BCUT2D eigenvalue weighted by atomic mass is 14.7. The molecule has 3 rings (SSSR count). The molecule has 0 heteroatoms. The van der Waals surface area contributed by atoms with E-state index in [0.29, 0.717) is 10.8 Å². The molecular formula is C15H24. The molecule has 0 radical (unpaired) electrons. The molecule has 0 aromatic heterocycles. The van der Waals surface area contributed by atoms with Crippen molar-refractivity contribution in [1.82, 2.24) is 0 Å². The summed E-state index contributed by atoms with van der Waals surface area (Å²) in [6.45, 7) is 12.0. The van der Waals surface area contributed by atoms with Crippen LogP contribution in [0.25, 0.3) is 0 Å². The van der Waals surface area contributed by atoms with Gasteiger partial charge in [0.1, 0.15) is 0 Å². The first-order chi connectivity index (χ1) is 6.97. The minimum Gasteiger partial charge on any atom is -0.0990 e. The lowest BCUT2D eigenvalue weighted by Crippen LogP contribution is -2.28. The second-order valence-electron chi connectivity index (χ2n) is 7.10. The summed E-state index contributed by atoms with van der Waals surface area (Å²) in [5, 5.41) is 0. The summed E-state index contributed by atoms with van der Waals surface area (Å²) in [6, 6.07) is 0. The molecule has 4 bridgehead atoms. The number of allylic oxidation sites excluding steroid dienone is 1. The molecule has 0 aromatic rings. The lowest BCUT2D eigenvalue weighted by atomic mass is 9.69. The molecule has 15 heavy (non-hydrogen) atoms. The van der Waals surface area contributed by atoms with Crippen LogP contribution in [0.3, 0.4) is 0 Å². The van der Waals surface area contributed by atoms with Crippen molar-refractivity contribution >= 4 is 0 Å². The van der Waals surface area contributed by atoms with Crippen molar-refractivity contribution in [1.29, 1.82) is 0 Å². The quantitative estimate of drug-likeness (QED) is 0.513. The van der Waals surface area contributed by atoms with E-state index in [1.165, 1.54) is 32.1 Å². The van der Waals surface area contributed by atoms with Crippen molar-refractivity contribution in [2.45, 2.75) is 52.9 Å². The van der Waals surface area contributed by atoms with Gasteiger partial charge in [0.25, 0.3) is 0 Å². The molecule has 3 aliphatic rings. The summed E-state index contributed by atoms with van der Waals surface area (Å²) in [4.78, 5) is 0. The van der Waals surface area contributed by atoms with Crippen LogP contribution in [0.15, 0.2) is 12.2 Å². The zero-order chi connectivity index (χ0) is 10.8. The normalized spacial score (nSPS) is 51.9. The van der Waals surface area contributed by atoms with Crippen LogP contribution < -0.4 is 0 Å². The first kappa shape index (κ1) is 9.93. The Kier molecular flexibility index (Phi) is 1.79. The third-order valence-corrected chi connectivity index (χ3v) is 6.07. The number of hydrogen-bond acceptors (Lipinski definition) is 0. The molecule has 84 valence electrons. The van der Waals surface area contributed by atoms with E-state index < -0.39 is 0 Å². The third kappa shape index (κ3) is 1.04. The monoisotopic (exact) mass is 204 g/mol. The fraction of sp³-hybridized carbons (Fsp3) is 0.867. The van der Waals surface area contributed by atoms with Crippen molar-refractivity contribution in [2.24, 2.45) is 28.6 Å². The average molecular weight is 204 g/mol. The van der Waals surface area contributed by atoms with E-state index in [1.807, 2.05) is 0 Å². The molecule has 1 unspecified atom stereocenters. The van der Waals surface area contributed by atoms with Gasteiger partial charge in [0.2, 0.25) is 0 Å². The largest absolute Gasteiger partial charge is 0.0990 e. The lowest BCUT2D eigenvalue weighted by Gasteiger charge is -2.35. The first-order valence-corrected chi connectivity index (χ1v) is 6.66. The van der Waals surface area contributed by atoms with E-state index in [9.17, 15) is 0 Å². The zero-order valence-electron chi connectivity index (χ0n) is 10.5. The van der Waals surface area contributed by atoms with E-state index in [-0.39, 0.29) is 0 Å². The highest BCUT2D eigenvalue weighted by Gasteiger charge is 2.61. The summed E-state index contributed by atoms with van der Waals surface area (Å²) in [5.74, 6) is 2.79. The van der Waals surface area contributed by atoms with E-state index in [2.05, 4.69) is 27.4 Å². The van der Waals surface area contributed by atoms with Crippen LogP contribution in [0.5, 0.6) is 0 Å². The van der Waals surface area contributed by atoms with Crippen molar-refractivity contribution in [2.75, 3.05) is 0 Å². The Labute approximate surface area is 94.1 Å². The predicted molar refractivity (Wildman–Crippen MR) is 64.6 cm³/mol. The van der Waals surface area contributed by atoms with Gasteiger partial charge in [0, 0.05) is 0 Å². The third-order valence-electron chi connectivity index (χ3n) is 6.07. The molecule has 0 nitrogen and oxygen atoms in total. The van der Waals surface area contributed by atoms with Crippen molar-refractivity contribution in [3.05, 3.63) is 12.2 Å². The van der Waals surface area contributed by atoms with Crippen LogP contribution in [0.2, 0.25) is 0 Å². The smallest absolute Gasteiger partial charge is 0.00849 e. The van der Waals surface area contributed by atoms with Crippen LogP contribution in [-0.2, 0) is 0 Å². The van der Waals surface area contributed by atoms with Crippen LogP contribution >= 0.6 is 0 Å². The molecule has 0 N–H and O–H groups in total. The van der Waals surface area contributed by atoms with Crippen molar-refractivity contribution in [3.63, 3.8) is 0 Å². The molecule has 3 fully saturated rings. The van der Waals surface area contributed by atoms with Crippen LogP contribution in [0.4, 0.5) is 0 Å². The minimum atomic E-state index is 0.515. The van der Waals surface area contributed by atoms with Gasteiger partial charge >= 0.3 is 0 Å². The molecule has 0 saturated heterocycles. The van der Waals surface area contributed by atoms with Gasteiger partial charge in [-0.25, -0.2) is 0 Å². The SMILES string of the molecule is C=C1C2CC[C@@H]3[C@H]2C(C)(C)CCC[C@]13C. The van der Waals surface area contributed by atoms with Crippen molar-refractivity contribution < 1.29 is 0 Å². The molecule has 3 saturated carbocycles. The number of rotatable bonds is 0. The van der Waals surface area contributed by atoms with Gasteiger partial charge in [-0.1, -0.05) is 39.3 Å². The summed E-state index contributed by atoms with van der Waals surface area (Å²) in [6.07, 6.45) is 7.18. The van der Waals surface area contributed by atoms with Crippen LogP contribution in [0, 0.1) is 28.6 Å². The molecule has 0 aromatic carbocycles. The maximum absolute atomic E-state index is 4.46. The van der Waals surface area contributed by atoms with Gasteiger partial charge in [-0.3, -0.25) is 0 Å². The molecule has 3 aliphatic carbocycles. The fourth-order valence-corrected chi connectivity index (χ4v) is 5.28. The molecule has 4 atom stereocenters. The molecule has 0 spiro atoms. The molecule has 0 amide bonds. The van der Waals surface area contributed by atoms with Gasteiger partial charge in [-0.05, 0) is 54.3 Å². The Morgan fingerprint density at radius 1 is 1.13 bits per heavy atom. The Balaban J connectivity index is 2.10. The summed E-state index contributed by atoms with van der Waals surface area (Å²) < 4.78 is 0. The van der Waals surface area contributed by atoms with Crippen LogP contribution in [0.1, 0.15) is 52.9 Å². The Bertz CT molecular complexity index is 312. The maximum atomic E-state index is 4.46. The highest BCUT2D eigenvalue weighted by Crippen LogP contribution is 2.70. The molecular weight excluding hydrogens is 180 g/mol.